The summed E-state index contributed by atoms with van der Waals surface area (Å²) in [6.45, 7) is 3.64. The molecule has 2 N–H and O–H groups in total. The molecule has 2 rings (SSSR count). The highest BCUT2D eigenvalue weighted by atomic mass is 35.5. The van der Waals surface area contributed by atoms with Gasteiger partial charge in [0, 0.05) is 7.11 Å². The maximum atomic E-state index is 12.5. The second-order valence-electron chi connectivity index (χ2n) is 5.05. The lowest BCUT2D eigenvalue weighted by molar-refractivity contribution is -0.147. The zero-order valence-corrected chi connectivity index (χ0v) is 12.8. The Bertz CT molecular complexity index is 419. The Kier molecular flexibility index (Phi) is 6.46. The van der Waals surface area contributed by atoms with Crippen molar-refractivity contribution in [3.8, 4) is 0 Å². The fourth-order valence-electron chi connectivity index (χ4n) is 2.51. The predicted octanol–water partition coefficient (Wildman–Crippen LogP) is 2.05. The maximum Gasteiger partial charge on any atom is 0.252 e. The van der Waals surface area contributed by atoms with Crippen LogP contribution in [-0.4, -0.2) is 31.7 Å². The number of hydrogen-bond acceptors (Lipinski definition) is 3. The lowest BCUT2D eigenvalue weighted by Crippen LogP contribution is -2.54. The topological polar surface area (TPSA) is 50.4 Å². The first-order valence-corrected chi connectivity index (χ1v) is 6.80. The SMILES string of the molecule is COC1(C(=O)N[C@H](C)c2ccccc2)CCNCC1.Cl. The van der Waals surface area contributed by atoms with Crippen LogP contribution in [0.25, 0.3) is 0 Å². The lowest BCUT2D eigenvalue weighted by Gasteiger charge is -2.35. The summed E-state index contributed by atoms with van der Waals surface area (Å²) in [6.07, 6.45) is 1.44. The number of amides is 1. The molecule has 1 amide bonds. The second-order valence-corrected chi connectivity index (χ2v) is 5.05. The van der Waals surface area contributed by atoms with Gasteiger partial charge in [-0.3, -0.25) is 4.79 Å². The number of methoxy groups -OCH3 is 1. The normalized spacial score (nSPS) is 18.7. The summed E-state index contributed by atoms with van der Waals surface area (Å²) < 4.78 is 5.53. The van der Waals surface area contributed by atoms with E-state index in [4.69, 9.17) is 4.74 Å². The Balaban J connectivity index is 0.00000200. The number of carbonyl (C=O) groups is 1. The van der Waals surface area contributed by atoms with Crippen molar-refractivity contribution in [1.82, 2.24) is 10.6 Å². The smallest absolute Gasteiger partial charge is 0.252 e. The molecule has 1 aliphatic rings. The Labute approximate surface area is 126 Å². The van der Waals surface area contributed by atoms with Crippen LogP contribution < -0.4 is 10.6 Å². The van der Waals surface area contributed by atoms with Gasteiger partial charge in [0.05, 0.1) is 6.04 Å². The number of halogens is 1. The van der Waals surface area contributed by atoms with Crippen molar-refractivity contribution in [2.45, 2.75) is 31.4 Å². The van der Waals surface area contributed by atoms with E-state index >= 15 is 0 Å². The largest absolute Gasteiger partial charge is 0.368 e. The Morgan fingerprint density at radius 3 is 2.45 bits per heavy atom. The summed E-state index contributed by atoms with van der Waals surface area (Å²) in [7, 11) is 1.62. The molecule has 0 aliphatic carbocycles. The number of nitrogens with one attached hydrogen (secondary N) is 2. The van der Waals surface area contributed by atoms with Crippen LogP contribution in [0.5, 0.6) is 0 Å². The molecule has 0 spiro atoms. The van der Waals surface area contributed by atoms with E-state index in [1.54, 1.807) is 7.11 Å². The summed E-state index contributed by atoms with van der Waals surface area (Å²) in [5, 5.41) is 6.32. The molecule has 4 nitrogen and oxygen atoms in total. The van der Waals surface area contributed by atoms with Gasteiger partial charge in [-0.2, -0.15) is 0 Å². The van der Waals surface area contributed by atoms with E-state index in [-0.39, 0.29) is 24.4 Å². The first-order chi connectivity index (χ1) is 9.18. The Morgan fingerprint density at radius 2 is 1.90 bits per heavy atom. The summed E-state index contributed by atoms with van der Waals surface area (Å²) in [5.74, 6) is -0.00662. The summed E-state index contributed by atoms with van der Waals surface area (Å²) >= 11 is 0. The molecule has 20 heavy (non-hydrogen) atoms. The van der Waals surface area contributed by atoms with Crippen LogP contribution in [0.2, 0.25) is 0 Å². The molecule has 1 aromatic rings. The third kappa shape index (κ3) is 3.72. The van der Waals surface area contributed by atoms with Gasteiger partial charge >= 0.3 is 0 Å². The first kappa shape index (κ1) is 17.0. The second kappa shape index (κ2) is 7.62. The monoisotopic (exact) mass is 298 g/mol. The van der Waals surface area contributed by atoms with Crippen LogP contribution in [-0.2, 0) is 9.53 Å². The highest BCUT2D eigenvalue weighted by Crippen LogP contribution is 2.24. The maximum absolute atomic E-state index is 12.5. The van der Waals surface area contributed by atoms with E-state index in [0.717, 1.165) is 31.5 Å². The van der Waals surface area contributed by atoms with E-state index in [9.17, 15) is 4.79 Å². The highest BCUT2D eigenvalue weighted by molar-refractivity contribution is 5.86. The van der Waals surface area contributed by atoms with Crippen LogP contribution in [0, 0.1) is 0 Å². The quantitative estimate of drug-likeness (QED) is 0.894. The van der Waals surface area contributed by atoms with Gasteiger partial charge in [0.25, 0.3) is 5.91 Å². The molecule has 1 aliphatic heterocycles. The fourth-order valence-corrected chi connectivity index (χ4v) is 2.51. The zero-order chi connectivity index (χ0) is 13.7. The average Bonchev–Trinajstić information content (AvgIpc) is 2.48. The molecule has 1 aromatic carbocycles. The first-order valence-electron chi connectivity index (χ1n) is 6.80. The summed E-state index contributed by atoms with van der Waals surface area (Å²) in [6, 6.07) is 9.97. The van der Waals surface area contributed by atoms with Crippen molar-refractivity contribution in [3.05, 3.63) is 35.9 Å². The number of ether oxygens (including phenoxy) is 1. The molecule has 0 unspecified atom stereocenters. The van der Waals surface area contributed by atoms with Crippen LogP contribution in [0.3, 0.4) is 0 Å². The van der Waals surface area contributed by atoms with E-state index in [2.05, 4.69) is 10.6 Å². The molecule has 1 fully saturated rings. The molecule has 112 valence electrons. The van der Waals surface area contributed by atoms with Gasteiger partial charge in [0.15, 0.2) is 0 Å². The molecular weight excluding hydrogens is 276 g/mol. The van der Waals surface area contributed by atoms with Gasteiger partial charge in [-0.05, 0) is 38.4 Å². The third-order valence-electron chi connectivity index (χ3n) is 3.86. The lowest BCUT2D eigenvalue weighted by atomic mass is 9.90. The van der Waals surface area contributed by atoms with Crippen molar-refractivity contribution >= 4 is 18.3 Å². The number of carbonyl (C=O) groups excluding carboxylic acids is 1. The van der Waals surface area contributed by atoms with E-state index in [1.807, 2.05) is 37.3 Å². The van der Waals surface area contributed by atoms with Gasteiger partial charge in [0.1, 0.15) is 5.60 Å². The van der Waals surface area contributed by atoms with Gasteiger partial charge in [-0.25, -0.2) is 0 Å². The van der Waals surface area contributed by atoms with Crippen molar-refractivity contribution in [3.63, 3.8) is 0 Å². The van der Waals surface area contributed by atoms with Crippen molar-refractivity contribution in [2.24, 2.45) is 0 Å². The molecule has 0 radical (unpaired) electrons. The number of piperidine rings is 1. The van der Waals surface area contributed by atoms with Crippen molar-refractivity contribution in [2.75, 3.05) is 20.2 Å². The van der Waals surface area contributed by atoms with Crippen molar-refractivity contribution < 1.29 is 9.53 Å². The van der Waals surface area contributed by atoms with Crippen molar-refractivity contribution in [1.29, 1.82) is 0 Å². The number of rotatable bonds is 4. The Hall–Kier alpha value is -1.10. The molecular formula is C15H23ClN2O2. The zero-order valence-electron chi connectivity index (χ0n) is 12.0. The molecule has 1 heterocycles. The van der Waals surface area contributed by atoms with Gasteiger partial charge < -0.3 is 15.4 Å². The van der Waals surface area contributed by atoms with Gasteiger partial charge in [-0.15, -0.1) is 12.4 Å². The van der Waals surface area contributed by atoms with Crippen LogP contribution in [0.15, 0.2) is 30.3 Å². The van der Waals surface area contributed by atoms with Crippen LogP contribution in [0.4, 0.5) is 0 Å². The third-order valence-corrected chi connectivity index (χ3v) is 3.86. The standard InChI is InChI=1S/C15H22N2O2.ClH/c1-12(13-6-4-3-5-7-13)17-14(18)15(19-2)8-10-16-11-9-15;/h3-7,12,16H,8-11H2,1-2H3,(H,17,18);1H/t12-;/m1./s1. The minimum atomic E-state index is -0.672. The van der Waals surface area contributed by atoms with Crippen LogP contribution in [0.1, 0.15) is 31.4 Å². The fraction of sp³-hybridized carbons (Fsp3) is 0.533. The molecule has 1 atom stereocenters. The Morgan fingerprint density at radius 1 is 1.30 bits per heavy atom. The van der Waals surface area contributed by atoms with E-state index in [0.29, 0.717) is 0 Å². The minimum absolute atomic E-state index is 0. The average molecular weight is 299 g/mol. The van der Waals surface area contributed by atoms with Crippen LogP contribution >= 0.6 is 12.4 Å². The number of hydrogen-bond donors (Lipinski definition) is 2. The number of benzene rings is 1. The molecule has 1 saturated heterocycles. The van der Waals surface area contributed by atoms with Gasteiger partial charge in [-0.1, -0.05) is 30.3 Å². The van der Waals surface area contributed by atoms with Gasteiger partial charge in [0.2, 0.25) is 0 Å². The molecule has 5 heteroatoms. The minimum Gasteiger partial charge on any atom is -0.368 e. The highest BCUT2D eigenvalue weighted by Gasteiger charge is 2.40. The van der Waals surface area contributed by atoms with E-state index in [1.165, 1.54) is 0 Å². The molecule has 0 bridgehead atoms. The molecule has 0 saturated carbocycles. The summed E-state index contributed by atoms with van der Waals surface area (Å²) in [4.78, 5) is 12.5. The molecule has 0 aromatic heterocycles. The summed E-state index contributed by atoms with van der Waals surface area (Å²) in [5.41, 5.74) is 0.435. The predicted molar refractivity (Wildman–Crippen MR) is 82.1 cm³/mol. The van der Waals surface area contributed by atoms with E-state index < -0.39 is 5.60 Å².